The van der Waals surface area contributed by atoms with Gasteiger partial charge in [0.05, 0.1) is 6.10 Å². The summed E-state index contributed by atoms with van der Waals surface area (Å²) in [4.78, 5) is 13.7. The van der Waals surface area contributed by atoms with Gasteiger partial charge in [-0.15, -0.1) is 0 Å². The number of nitrogens with zero attached hydrogens (tertiary/aromatic N) is 1. The van der Waals surface area contributed by atoms with Gasteiger partial charge in [0, 0.05) is 12.1 Å². The predicted octanol–water partition coefficient (Wildman–Crippen LogP) is 2.36. The molecular formula is C11H18NO2. The van der Waals surface area contributed by atoms with Crippen molar-refractivity contribution in [2.45, 2.75) is 57.7 Å². The standard InChI is InChI=1S/C11H18NO2/c1-8(2)14-11(13)12-9-4-3-5-10(12)7-6-9/h3,8-10H,4-7H2,1-2H3. The number of carbonyl (C=O) groups excluding carboxylic acids is 1. The molecule has 3 nitrogen and oxygen atoms in total. The molecule has 79 valence electrons. The molecule has 2 rings (SSSR count). The molecule has 0 saturated carbocycles. The van der Waals surface area contributed by atoms with Crippen LogP contribution in [0, 0.1) is 6.42 Å². The summed E-state index contributed by atoms with van der Waals surface area (Å²) in [6, 6.07) is 0.833. The summed E-state index contributed by atoms with van der Waals surface area (Å²) < 4.78 is 5.24. The van der Waals surface area contributed by atoms with Gasteiger partial charge in [0.25, 0.3) is 0 Å². The molecule has 0 aromatic heterocycles. The van der Waals surface area contributed by atoms with Crippen LogP contribution in [0.5, 0.6) is 0 Å². The summed E-state index contributed by atoms with van der Waals surface area (Å²) in [6.45, 7) is 3.80. The van der Waals surface area contributed by atoms with Crippen LogP contribution in [-0.4, -0.2) is 29.2 Å². The first-order chi connectivity index (χ1) is 6.68. The minimum Gasteiger partial charge on any atom is -0.447 e. The second-order valence-electron chi connectivity index (χ2n) is 4.48. The molecule has 2 atom stereocenters. The summed E-state index contributed by atoms with van der Waals surface area (Å²) in [6.07, 6.45) is 6.57. The average molecular weight is 196 g/mol. The molecule has 0 N–H and O–H groups in total. The van der Waals surface area contributed by atoms with Crippen molar-refractivity contribution in [2.24, 2.45) is 0 Å². The van der Waals surface area contributed by atoms with Crippen molar-refractivity contribution in [1.29, 1.82) is 0 Å². The summed E-state index contributed by atoms with van der Waals surface area (Å²) in [7, 11) is 0. The van der Waals surface area contributed by atoms with E-state index in [1.54, 1.807) is 0 Å². The fourth-order valence-electron chi connectivity index (χ4n) is 2.47. The third kappa shape index (κ3) is 1.72. The van der Waals surface area contributed by atoms with E-state index in [0.29, 0.717) is 12.1 Å². The number of ether oxygens (including phenoxy) is 1. The first-order valence-corrected chi connectivity index (χ1v) is 5.49. The highest BCUT2D eigenvalue weighted by Gasteiger charge is 2.40. The van der Waals surface area contributed by atoms with Crippen molar-refractivity contribution in [1.82, 2.24) is 4.90 Å². The lowest BCUT2D eigenvalue weighted by Gasteiger charge is -2.34. The van der Waals surface area contributed by atoms with E-state index in [4.69, 9.17) is 4.74 Å². The number of carbonyl (C=O) groups is 1. The van der Waals surface area contributed by atoms with Gasteiger partial charge in [-0.1, -0.05) is 0 Å². The monoisotopic (exact) mass is 196 g/mol. The first-order valence-electron chi connectivity index (χ1n) is 5.49. The van der Waals surface area contributed by atoms with Gasteiger partial charge in [-0.3, -0.25) is 0 Å². The Bertz CT molecular complexity index is 211. The Balaban J connectivity index is 2.00. The van der Waals surface area contributed by atoms with Gasteiger partial charge >= 0.3 is 6.09 Å². The van der Waals surface area contributed by atoms with E-state index < -0.39 is 0 Å². The van der Waals surface area contributed by atoms with Crippen molar-refractivity contribution >= 4 is 6.09 Å². The lowest BCUT2D eigenvalue weighted by atomic mass is 10.0. The van der Waals surface area contributed by atoms with Crippen LogP contribution in [0.15, 0.2) is 0 Å². The van der Waals surface area contributed by atoms with E-state index in [-0.39, 0.29) is 12.2 Å². The van der Waals surface area contributed by atoms with Crippen LogP contribution < -0.4 is 0 Å². The highest BCUT2D eigenvalue weighted by Crippen LogP contribution is 2.35. The number of amides is 1. The topological polar surface area (TPSA) is 29.5 Å². The molecule has 0 spiro atoms. The Morgan fingerprint density at radius 1 is 1.36 bits per heavy atom. The molecule has 2 aliphatic heterocycles. The molecule has 3 heteroatoms. The largest absolute Gasteiger partial charge is 0.447 e. The number of fused-ring (bicyclic) bond motifs is 2. The van der Waals surface area contributed by atoms with Gasteiger partial charge in [0.15, 0.2) is 0 Å². The number of rotatable bonds is 1. The van der Waals surface area contributed by atoms with E-state index >= 15 is 0 Å². The molecule has 1 amide bonds. The number of piperidine rings is 1. The molecule has 14 heavy (non-hydrogen) atoms. The normalized spacial score (nSPS) is 30.9. The van der Waals surface area contributed by atoms with Crippen LogP contribution in [0.3, 0.4) is 0 Å². The van der Waals surface area contributed by atoms with Crippen molar-refractivity contribution in [3.05, 3.63) is 6.42 Å². The van der Waals surface area contributed by atoms with Crippen molar-refractivity contribution < 1.29 is 9.53 Å². The first kappa shape index (κ1) is 9.81. The average Bonchev–Trinajstić information content (AvgIpc) is 2.36. The Hall–Kier alpha value is -0.730. The molecule has 1 radical (unpaired) electrons. The van der Waals surface area contributed by atoms with Crippen LogP contribution in [0.25, 0.3) is 0 Å². The van der Waals surface area contributed by atoms with Crippen LogP contribution in [0.1, 0.15) is 39.5 Å². The van der Waals surface area contributed by atoms with Crippen molar-refractivity contribution in [2.75, 3.05) is 0 Å². The Labute approximate surface area is 85.4 Å². The third-order valence-electron chi connectivity index (χ3n) is 3.04. The lowest BCUT2D eigenvalue weighted by Crippen LogP contribution is -2.45. The summed E-state index contributed by atoms with van der Waals surface area (Å²) >= 11 is 0. The third-order valence-corrected chi connectivity index (χ3v) is 3.04. The Morgan fingerprint density at radius 2 is 1.93 bits per heavy atom. The second kappa shape index (κ2) is 3.79. The fourth-order valence-corrected chi connectivity index (χ4v) is 2.47. The molecule has 2 heterocycles. The summed E-state index contributed by atoms with van der Waals surface area (Å²) in [5, 5.41) is 0. The summed E-state index contributed by atoms with van der Waals surface area (Å²) in [5.74, 6) is 0. The second-order valence-corrected chi connectivity index (χ2v) is 4.48. The van der Waals surface area contributed by atoms with Crippen molar-refractivity contribution in [3.8, 4) is 0 Å². The van der Waals surface area contributed by atoms with Gasteiger partial charge in [0.2, 0.25) is 0 Å². The minimum absolute atomic E-state index is 0.00666. The molecule has 2 unspecified atom stereocenters. The zero-order valence-electron chi connectivity index (χ0n) is 8.90. The molecule has 2 aliphatic rings. The van der Waals surface area contributed by atoms with Gasteiger partial charge in [-0.25, -0.2) is 4.79 Å². The van der Waals surface area contributed by atoms with E-state index in [1.165, 1.54) is 0 Å². The van der Waals surface area contributed by atoms with E-state index in [9.17, 15) is 4.79 Å². The smallest absolute Gasteiger partial charge is 0.410 e. The molecule has 2 saturated heterocycles. The van der Waals surface area contributed by atoms with E-state index in [2.05, 4.69) is 6.42 Å². The Kier molecular flexibility index (Phi) is 2.66. The van der Waals surface area contributed by atoms with Gasteiger partial charge in [-0.05, 0) is 46.0 Å². The lowest BCUT2D eigenvalue weighted by molar-refractivity contribution is 0.0556. The van der Waals surface area contributed by atoms with Crippen LogP contribution in [0.4, 0.5) is 4.79 Å². The van der Waals surface area contributed by atoms with Crippen LogP contribution >= 0.6 is 0 Å². The molecular weight excluding hydrogens is 178 g/mol. The number of hydrogen-bond acceptors (Lipinski definition) is 2. The van der Waals surface area contributed by atoms with Gasteiger partial charge in [0.1, 0.15) is 0 Å². The van der Waals surface area contributed by atoms with Gasteiger partial charge in [-0.2, -0.15) is 0 Å². The Morgan fingerprint density at radius 3 is 2.43 bits per heavy atom. The minimum atomic E-state index is -0.111. The number of hydrogen-bond donors (Lipinski definition) is 0. The highest BCUT2D eigenvalue weighted by molar-refractivity contribution is 5.69. The maximum absolute atomic E-state index is 11.8. The maximum atomic E-state index is 11.8. The fraction of sp³-hybridized carbons (Fsp3) is 0.818. The summed E-state index contributed by atoms with van der Waals surface area (Å²) in [5.41, 5.74) is 0. The molecule has 0 aromatic rings. The zero-order chi connectivity index (χ0) is 10.1. The predicted molar refractivity (Wildman–Crippen MR) is 53.8 cm³/mol. The molecule has 0 aromatic carbocycles. The zero-order valence-corrected chi connectivity index (χ0v) is 8.90. The molecule has 2 fully saturated rings. The van der Waals surface area contributed by atoms with Gasteiger partial charge < -0.3 is 9.64 Å². The van der Waals surface area contributed by atoms with Crippen LogP contribution in [0.2, 0.25) is 0 Å². The van der Waals surface area contributed by atoms with Crippen LogP contribution in [-0.2, 0) is 4.74 Å². The maximum Gasteiger partial charge on any atom is 0.410 e. The van der Waals surface area contributed by atoms with Crippen molar-refractivity contribution in [3.63, 3.8) is 0 Å². The van der Waals surface area contributed by atoms with E-state index in [0.717, 1.165) is 25.7 Å². The molecule has 0 aliphatic carbocycles. The SMILES string of the molecule is CC(C)OC(=O)N1C2C[CH]CC1CC2. The van der Waals surface area contributed by atoms with E-state index in [1.807, 2.05) is 18.7 Å². The highest BCUT2D eigenvalue weighted by atomic mass is 16.6. The molecule has 2 bridgehead atoms. The quantitative estimate of drug-likeness (QED) is 0.644.